The topological polar surface area (TPSA) is 29.5 Å². The van der Waals surface area contributed by atoms with Crippen LogP contribution in [0.1, 0.15) is 30.6 Å². The fraction of sp³-hybridized carbons (Fsp3) is 0.400. The van der Waals surface area contributed by atoms with Gasteiger partial charge in [0.15, 0.2) is 5.78 Å². The van der Waals surface area contributed by atoms with Crippen LogP contribution in [-0.4, -0.2) is 30.4 Å². The molecule has 0 spiro atoms. The monoisotopic (exact) mass is 245 g/mol. The quantitative estimate of drug-likeness (QED) is 0.767. The minimum atomic E-state index is 0.0926. The van der Waals surface area contributed by atoms with Crippen molar-refractivity contribution in [2.75, 3.05) is 19.7 Å². The van der Waals surface area contributed by atoms with Crippen LogP contribution in [-0.2, 0) is 0 Å². The van der Waals surface area contributed by atoms with E-state index >= 15 is 0 Å². The number of benzene rings is 1. The van der Waals surface area contributed by atoms with Gasteiger partial charge in [-0.3, -0.25) is 4.79 Å². The van der Waals surface area contributed by atoms with Crippen LogP contribution in [0.25, 0.3) is 0 Å². The minimum Gasteiger partial charge on any atom is -0.492 e. The molecule has 1 aliphatic heterocycles. The largest absolute Gasteiger partial charge is 0.492 e. The molecule has 3 nitrogen and oxygen atoms in total. The smallest absolute Gasteiger partial charge is 0.194 e. The number of ether oxygens (including phenoxy) is 1. The number of fused-ring (bicyclic) bond motifs is 1. The molecule has 0 N–H and O–H groups in total. The number of carbonyl (C=O) groups excluding carboxylic acids is 1. The standard InChI is InChI=1S/C15H19NO2/c1-3-16(4-2)11-12-9-10-18-14-8-6-5-7-13(14)15(12)17/h5-8,11H,3-4,9-10H2,1-2H3/b12-11+. The molecule has 1 aliphatic rings. The number of ketones is 1. The summed E-state index contributed by atoms with van der Waals surface area (Å²) in [5.41, 5.74) is 1.51. The maximum atomic E-state index is 12.4. The first-order chi connectivity index (χ1) is 8.76. The number of nitrogens with zero attached hydrogens (tertiary/aromatic N) is 1. The van der Waals surface area contributed by atoms with Gasteiger partial charge in [-0.15, -0.1) is 0 Å². The molecular weight excluding hydrogens is 226 g/mol. The Morgan fingerprint density at radius 3 is 2.72 bits per heavy atom. The van der Waals surface area contributed by atoms with Crippen molar-refractivity contribution in [2.24, 2.45) is 0 Å². The Morgan fingerprint density at radius 2 is 2.00 bits per heavy atom. The molecule has 0 aromatic heterocycles. The zero-order valence-electron chi connectivity index (χ0n) is 11.0. The van der Waals surface area contributed by atoms with Gasteiger partial charge in [0.1, 0.15) is 5.75 Å². The number of Topliss-reactive ketones (excluding diaryl/α,β-unsaturated/α-hetero) is 1. The lowest BCUT2D eigenvalue weighted by Gasteiger charge is -2.17. The van der Waals surface area contributed by atoms with Crippen molar-refractivity contribution in [3.05, 3.63) is 41.6 Å². The highest BCUT2D eigenvalue weighted by Crippen LogP contribution is 2.26. The normalized spacial score (nSPS) is 17.0. The van der Waals surface area contributed by atoms with Gasteiger partial charge in [0.05, 0.1) is 12.2 Å². The molecule has 0 saturated carbocycles. The van der Waals surface area contributed by atoms with Crippen molar-refractivity contribution in [2.45, 2.75) is 20.3 Å². The summed E-state index contributed by atoms with van der Waals surface area (Å²) >= 11 is 0. The summed E-state index contributed by atoms with van der Waals surface area (Å²) in [6.07, 6.45) is 2.65. The lowest BCUT2D eigenvalue weighted by atomic mass is 10.0. The van der Waals surface area contributed by atoms with Crippen molar-refractivity contribution < 1.29 is 9.53 Å². The second-order valence-electron chi connectivity index (χ2n) is 4.30. The first-order valence-corrected chi connectivity index (χ1v) is 6.47. The van der Waals surface area contributed by atoms with Crippen molar-refractivity contribution in [3.8, 4) is 5.75 Å². The molecule has 0 saturated heterocycles. The van der Waals surface area contributed by atoms with E-state index < -0.39 is 0 Å². The summed E-state index contributed by atoms with van der Waals surface area (Å²) in [4.78, 5) is 14.6. The molecule has 0 radical (unpaired) electrons. The molecule has 2 rings (SSSR count). The minimum absolute atomic E-state index is 0.0926. The molecule has 1 aromatic carbocycles. The molecule has 0 amide bonds. The Hall–Kier alpha value is -1.77. The fourth-order valence-electron chi connectivity index (χ4n) is 2.09. The fourth-order valence-corrected chi connectivity index (χ4v) is 2.09. The first-order valence-electron chi connectivity index (χ1n) is 6.47. The molecule has 1 heterocycles. The lowest BCUT2D eigenvalue weighted by molar-refractivity contribution is 0.103. The van der Waals surface area contributed by atoms with Crippen LogP contribution in [0, 0.1) is 0 Å². The van der Waals surface area contributed by atoms with Crippen molar-refractivity contribution >= 4 is 5.78 Å². The highest BCUT2D eigenvalue weighted by atomic mass is 16.5. The predicted octanol–water partition coefficient (Wildman–Crippen LogP) is 2.88. The van der Waals surface area contributed by atoms with E-state index in [1.807, 2.05) is 30.5 Å². The zero-order chi connectivity index (χ0) is 13.0. The SMILES string of the molecule is CCN(/C=C1\CCOc2ccccc2C1=O)CC. The molecule has 3 heteroatoms. The number of rotatable bonds is 3. The van der Waals surface area contributed by atoms with Crippen molar-refractivity contribution in [1.82, 2.24) is 4.90 Å². The van der Waals surface area contributed by atoms with Crippen LogP contribution < -0.4 is 4.74 Å². The lowest BCUT2D eigenvalue weighted by Crippen LogP contribution is -2.18. The van der Waals surface area contributed by atoms with Crippen molar-refractivity contribution in [1.29, 1.82) is 0 Å². The van der Waals surface area contributed by atoms with Crippen LogP contribution >= 0.6 is 0 Å². The van der Waals surface area contributed by atoms with Gasteiger partial charge in [-0.05, 0) is 26.0 Å². The van der Waals surface area contributed by atoms with Crippen LogP contribution in [0.2, 0.25) is 0 Å². The average molecular weight is 245 g/mol. The summed E-state index contributed by atoms with van der Waals surface area (Å²) in [7, 11) is 0. The van der Waals surface area contributed by atoms with E-state index in [0.29, 0.717) is 24.3 Å². The van der Waals surface area contributed by atoms with Crippen LogP contribution in [0.4, 0.5) is 0 Å². The van der Waals surface area contributed by atoms with E-state index in [9.17, 15) is 4.79 Å². The van der Waals surface area contributed by atoms with E-state index in [1.165, 1.54) is 0 Å². The third-order valence-corrected chi connectivity index (χ3v) is 3.20. The number of carbonyl (C=O) groups is 1. The summed E-state index contributed by atoms with van der Waals surface area (Å²) in [5.74, 6) is 0.792. The summed E-state index contributed by atoms with van der Waals surface area (Å²) < 4.78 is 5.62. The van der Waals surface area contributed by atoms with Gasteiger partial charge in [0.2, 0.25) is 0 Å². The molecule has 1 aromatic rings. The van der Waals surface area contributed by atoms with Gasteiger partial charge in [-0.1, -0.05) is 12.1 Å². The maximum absolute atomic E-state index is 12.4. The third-order valence-electron chi connectivity index (χ3n) is 3.20. The van der Waals surface area contributed by atoms with Gasteiger partial charge in [-0.25, -0.2) is 0 Å². The molecule has 0 unspecified atom stereocenters. The predicted molar refractivity (Wildman–Crippen MR) is 71.9 cm³/mol. The zero-order valence-corrected chi connectivity index (χ0v) is 11.0. The Bertz CT molecular complexity index is 461. The van der Waals surface area contributed by atoms with E-state index in [1.54, 1.807) is 0 Å². The Balaban J connectivity index is 2.33. The number of hydrogen-bond donors (Lipinski definition) is 0. The third kappa shape index (κ3) is 2.55. The van der Waals surface area contributed by atoms with Crippen LogP contribution in [0.5, 0.6) is 5.75 Å². The number of para-hydroxylation sites is 1. The molecule has 96 valence electrons. The van der Waals surface area contributed by atoms with Gasteiger partial charge in [0.25, 0.3) is 0 Å². The van der Waals surface area contributed by atoms with E-state index in [2.05, 4.69) is 18.7 Å². The molecule has 0 fully saturated rings. The Kier molecular flexibility index (Phi) is 4.03. The number of hydrogen-bond acceptors (Lipinski definition) is 3. The Labute approximate surface area is 108 Å². The highest BCUT2D eigenvalue weighted by molar-refractivity contribution is 6.10. The summed E-state index contributed by atoms with van der Waals surface area (Å²) in [5, 5.41) is 0. The summed E-state index contributed by atoms with van der Waals surface area (Å²) in [6.45, 7) is 6.57. The first kappa shape index (κ1) is 12.7. The van der Waals surface area contributed by atoms with Gasteiger partial charge < -0.3 is 9.64 Å². The van der Waals surface area contributed by atoms with Crippen LogP contribution in [0.15, 0.2) is 36.0 Å². The molecule has 0 aliphatic carbocycles. The van der Waals surface area contributed by atoms with E-state index in [0.717, 1.165) is 18.7 Å². The summed E-state index contributed by atoms with van der Waals surface area (Å²) in [6, 6.07) is 7.46. The Morgan fingerprint density at radius 1 is 1.28 bits per heavy atom. The van der Waals surface area contributed by atoms with Gasteiger partial charge in [0, 0.05) is 31.3 Å². The average Bonchev–Trinajstić information content (AvgIpc) is 2.56. The second kappa shape index (κ2) is 5.71. The molecular formula is C15H19NO2. The van der Waals surface area contributed by atoms with Crippen LogP contribution in [0.3, 0.4) is 0 Å². The molecule has 0 atom stereocenters. The molecule has 18 heavy (non-hydrogen) atoms. The second-order valence-corrected chi connectivity index (χ2v) is 4.30. The maximum Gasteiger partial charge on any atom is 0.194 e. The highest BCUT2D eigenvalue weighted by Gasteiger charge is 2.20. The molecule has 0 bridgehead atoms. The van der Waals surface area contributed by atoms with E-state index in [-0.39, 0.29) is 5.78 Å². The van der Waals surface area contributed by atoms with Crippen molar-refractivity contribution in [3.63, 3.8) is 0 Å². The van der Waals surface area contributed by atoms with E-state index in [4.69, 9.17) is 4.74 Å². The van der Waals surface area contributed by atoms with Gasteiger partial charge in [-0.2, -0.15) is 0 Å². The van der Waals surface area contributed by atoms with Gasteiger partial charge >= 0.3 is 0 Å².